The van der Waals surface area contributed by atoms with Crippen molar-refractivity contribution in [3.63, 3.8) is 0 Å². The Morgan fingerprint density at radius 1 is 0.846 bits per heavy atom. The smallest absolute Gasteiger partial charge is 0.314 e. The van der Waals surface area contributed by atoms with Crippen LogP contribution in [0, 0.1) is 0 Å². The molecule has 0 spiro atoms. The fourth-order valence-electron chi connectivity index (χ4n) is 1.77. The van der Waals surface area contributed by atoms with Crippen LogP contribution in [0.1, 0.15) is 0 Å². The van der Waals surface area contributed by atoms with Gasteiger partial charge in [-0.1, -0.05) is 0 Å². The van der Waals surface area contributed by atoms with Gasteiger partial charge in [0, 0.05) is 10.2 Å². The standard InChI is InChI=1S/C6H17O3Si4/c1-11(2)7-12(3,4)9-13(5,6-10)8-11/h6H2,1-5H3. The maximum atomic E-state index is 5.97. The van der Waals surface area contributed by atoms with Crippen LogP contribution < -0.4 is 0 Å². The molecule has 0 aromatic carbocycles. The summed E-state index contributed by atoms with van der Waals surface area (Å²) in [6.45, 7) is 10.5. The molecule has 0 aromatic heterocycles. The molecular formula is C6H17O3Si4. The van der Waals surface area contributed by atoms with Gasteiger partial charge in [-0.05, 0) is 38.4 Å². The van der Waals surface area contributed by atoms with E-state index < -0.39 is 25.7 Å². The molecule has 1 saturated heterocycles. The van der Waals surface area contributed by atoms with Gasteiger partial charge in [-0.15, -0.1) is 0 Å². The van der Waals surface area contributed by atoms with Crippen LogP contribution in [0.2, 0.25) is 38.4 Å². The highest BCUT2D eigenvalue weighted by molar-refractivity contribution is 6.94. The van der Waals surface area contributed by atoms with Gasteiger partial charge in [0.05, 0.1) is 0 Å². The van der Waals surface area contributed by atoms with Crippen LogP contribution in [0.25, 0.3) is 0 Å². The Morgan fingerprint density at radius 3 is 1.54 bits per heavy atom. The van der Waals surface area contributed by atoms with Crippen LogP contribution in [-0.2, 0) is 12.3 Å². The molecule has 1 heterocycles. The highest BCUT2D eigenvalue weighted by Gasteiger charge is 2.51. The van der Waals surface area contributed by atoms with Gasteiger partial charge in [0.2, 0.25) is 0 Å². The van der Waals surface area contributed by atoms with Crippen molar-refractivity contribution in [3.05, 3.63) is 0 Å². The molecule has 1 aliphatic heterocycles. The fourth-order valence-corrected chi connectivity index (χ4v) is 18.3. The zero-order chi connectivity index (χ0) is 10.3. The van der Waals surface area contributed by atoms with Gasteiger partial charge < -0.3 is 12.3 Å². The lowest BCUT2D eigenvalue weighted by molar-refractivity contribution is 0.236. The first kappa shape index (κ1) is 11.8. The summed E-state index contributed by atoms with van der Waals surface area (Å²) in [5.41, 5.74) is 0.823. The van der Waals surface area contributed by atoms with Crippen LogP contribution >= 0.6 is 0 Å². The summed E-state index contributed by atoms with van der Waals surface area (Å²) < 4.78 is 17.8. The summed E-state index contributed by atoms with van der Waals surface area (Å²) in [5.74, 6) is 0. The van der Waals surface area contributed by atoms with E-state index in [1.807, 2.05) is 0 Å². The van der Waals surface area contributed by atoms with E-state index in [2.05, 4.69) is 43.0 Å². The summed E-state index contributed by atoms with van der Waals surface area (Å²) in [6.07, 6.45) is 0. The van der Waals surface area contributed by atoms with Crippen LogP contribution in [0.4, 0.5) is 0 Å². The minimum atomic E-state index is -1.97. The predicted octanol–water partition coefficient (Wildman–Crippen LogP) is 1.65. The van der Waals surface area contributed by atoms with Crippen molar-refractivity contribution in [2.24, 2.45) is 0 Å². The lowest BCUT2D eigenvalue weighted by atomic mass is 11.8. The van der Waals surface area contributed by atoms with Crippen molar-refractivity contribution < 1.29 is 12.3 Å². The van der Waals surface area contributed by atoms with Gasteiger partial charge in [-0.2, -0.15) is 0 Å². The summed E-state index contributed by atoms with van der Waals surface area (Å²) >= 11 is 0. The monoisotopic (exact) mass is 249 g/mol. The van der Waals surface area contributed by atoms with E-state index in [1.54, 1.807) is 0 Å². The molecule has 0 atom stereocenters. The highest BCUT2D eigenvalue weighted by Crippen LogP contribution is 2.31. The van der Waals surface area contributed by atoms with Gasteiger partial charge >= 0.3 is 25.7 Å². The Morgan fingerprint density at radius 2 is 1.23 bits per heavy atom. The lowest BCUT2D eigenvalue weighted by Gasteiger charge is -2.47. The molecule has 1 aliphatic rings. The van der Waals surface area contributed by atoms with Gasteiger partial charge in [-0.3, -0.25) is 0 Å². The molecule has 1 rings (SSSR count). The average molecular weight is 250 g/mol. The summed E-state index contributed by atoms with van der Waals surface area (Å²) in [5, 5.41) is 0. The maximum Gasteiger partial charge on any atom is 0.314 e. The molecule has 75 valence electrons. The van der Waals surface area contributed by atoms with Crippen molar-refractivity contribution >= 4 is 35.9 Å². The maximum absolute atomic E-state index is 5.97. The molecule has 0 bridgehead atoms. The topological polar surface area (TPSA) is 27.7 Å². The predicted molar refractivity (Wildman–Crippen MR) is 60.4 cm³/mol. The molecule has 3 radical (unpaired) electrons. The van der Waals surface area contributed by atoms with Crippen molar-refractivity contribution in [3.8, 4) is 0 Å². The highest BCUT2D eigenvalue weighted by atomic mass is 28.5. The largest absolute Gasteiger partial charge is 0.416 e. The molecule has 0 saturated carbocycles. The van der Waals surface area contributed by atoms with E-state index in [0.29, 0.717) is 0 Å². The van der Waals surface area contributed by atoms with E-state index in [9.17, 15) is 0 Å². The minimum absolute atomic E-state index is 0.823. The Hall–Kier alpha value is 0.748. The third-order valence-electron chi connectivity index (χ3n) is 1.74. The zero-order valence-electron chi connectivity index (χ0n) is 8.93. The molecular weight excluding hydrogens is 232 g/mol. The molecule has 0 aliphatic carbocycles. The molecule has 0 unspecified atom stereocenters. The zero-order valence-corrected chi connectivity index (χ0v) is 12.9. The second-order valence-electron chi connectivity index (χ2n) is 4.42. The van der Waals surface area contributed by atoms with Crippen molar-refractivity contribution in [2.45, 2.75) is 38.4 Å². The van der Waals surface area contributed by atoms with E-state index in [1.165, 1.54) is 0 Å². The summed E-state index contributed by atoms with van der Waals surface area (Å²) in [6, 6.07) is 0. The fraction of sp³-hybridized carbons (Fsp3) is 1.00. The number of hydrogen-bond donors (Lipinski definition) is 0. The second-order valence-corrected chi connectivity index (χ2v) is 16.1. The Balaban J connectivity index is 2.84. The molecule has 1 fully saturated rings. The van der Waals surface area contributed by atoms with Crippen LogP contribution in [0.3, 0.4) is 0 Å². The third-order valence-corrected chi connectivity index (χ3v) is 15.6. The van der Waals surface area contributed by atoms with Gasteiger partial charge in [0.1, 0.15) is 0 Å². The Bertz CT molecular complexity index is 190. The first-order valence-electron chi connectivity index (χ1n) is 4.43. The summed E-state index contributed by atoms with van der Waals surface area (Å²) in [4.78, 5) is 0. The third kappa shape index (κ3) is 3.11. The normalized spacial score (nSPS) is 30.0. The molecule has 0 N–H and O–H groups in total. The SMILES string of the molecule is C[Si]1(C)O[Si](C)(C)O[Si](C)(C[Si])O1. The summed E-state index contributed by atoms with van der Waals surface area (Å²) in [7, 11) is -2.28. The number of hydrogen-bond acceptors (Lipinski definition) is 3. The minimum Gasteiger partial charge on any atom is -0.416 e. The Labute approximate surface area is 87.0 Å². The van der Waals surface area contributed by atoms with Gasteiger partial charge in [0.25, 0.3) is 0 Å². The quantitative estimate of drug-likeness (QED) is 0.662. The van der Waals surface area contributed by atoms with Crippen LogP contribution in [0.15, 0.2) is 0 Å². The average Bonchev–Trinajstić information content (AvgIpc) is 1.79. The van der Waals surface area contributed by atoms with Crippen molar-refractivity contribution in [1.82, 2.24) is 0 Å². The van der Waals surface area contributed by atoms with Crippen LogP contribution in [0.5, 0.6) is 0 Å². The molecule has 0 amide bonds. The van der Waals surface area contributed by atoms with Gasteiger partial charge in [0.15, 0.2) is 0 Å². The second kappa shape index (κ2) is 3.40. The van der Waals surface area contributed by atoms with Crippen molar-refractivity contribution in [1.29, 1.82) is 0 Å². The molecule has 13 heavy (non-hydrogen) atoms. The van der Waals surface area contributed by atoms with E-state index in [4.69, 9.17) is 12.3 Å². The van der Waals surface area contributed by atoms with E-state index in [-0.39, 0.29) is 0 Å². The lowest BCUT2D eigenvalue weighted by Crippen LogP contribution is -2.65. The first-order valence-corrected chi connectivity index (χ1v) is 13.3. The molecule has 0 aromatic rings. The van der Waals surface area contributed by atoms with E-state index in [0.717, 1.165) is 5.67 Å². The Kier molecular flexibility index (Phi) is 3.09. The first-order chi connectivity index (χ1) is 5.68. The van der Waals surface area contributed by atoms with Crippen molar-refractivity contribution in [2.75, 3.05) is 0 Å². The molecule has 7 heteroatoms. The van der Waals surface area contributed by atoms with Crippen LogP contribution in [-0.4, -0.2) is 35.9 Å². The van der Waals surface area contributed by atoms with E-state index >= 15 is 0 Å². The van der Waals surface area contributed by atoms with Gasteiger partial charge in [-0.25, -0.2) is 0 Å². The number of rotatable bonds is 1. The molecule has 3 nitrogen and oxygen atoms in total.